The Morgan fingerprint density at radius 3 is 1.57 bits per heavy atom. The summed E-state index contributed by atoms with van der Waals surface area (Å²) < 4.78 is 1.16. The van der Waals surface area contributed by atoms with E-state index in [0.717, 1.165) is 65.8 Å². The fourth-order valence-electron chi connectivity index (χ4n) is 9.29. The third kappa shape index (κ3) is 5.30. The second kappa shape index (κ2) is 12.9. The SMILES string of the molecule is CCCCC1=C(C)c2cc3[nH]c(cc4nc(cc5[nH]c(cc1n2)c(CC)c5CC)C(CCCC)=C4C)c1c3C2CCC1c1cc(Br)ccc12. The molecule has 5 heteroatoms. The van der Waals surface area contributed by atoms with Crippen LogP contribution in [-0.2, 0) is 12.8 Å². The highest BCUT2D eigenvalue weighted by Gasteiger charge is 2.40. The molecule has 2 N–H and O–H groups in total. The summed E-state index contributed by atoms with van der Waals surface area (Å²) in [4.78, 5) is 18.8. The quantitative estimate of drug-likeness (QED) is 0.191. The van der Waals surface area contributed by atoms with Gasteiger partial charge in [0.15, 0.2) is 0 Å². The number of unbranched alkanes of at least 4 members (excludes halogenated alkanes) is 2. The number of benzene rings is 1. The van der Waals surface area contributed by atoms with Crippen LogP contribution in [0.1, 0.15) is 161 Å². The van der Waals surface area contributed by atoms with Gasteiger partial charge >= 0.3 is 0 Å². The summed E-state index contributed by atoms with van der Waals surface area (Å²) in [5.74, 6) is 0.749. The number of rotatable bonds is 8. The molecule has 0 spiro atoms. The predicted octanol–water partition coefficient (Wildman–Crippen LogP) is 12.8. The molecular formula is C44H49BrN4. The standard InChI is InChI=1S/C44H49BrN4/c1-7-11-13-29-24(5)35-20-41-43-32-17-18-33(34-19-26(45)15-16-31(32)34)44(43)42(49-41)21-36-25(6)30(14-12-8-2)40(47-36)23-38-28(10-4)27(9-3)37(48-38)22-39(29)46-35/h15-16,19-23,32-33,48-49H,7-14,17-18H2,1-6H3. The average molecular weight is 714 g/mol. The Labute approximate surface area is 299 Å². The van der Waals surface area contributed by atoms with Gasteiger partial charge in [-0.2, -0.15) is 0 Å². The minimum absolute atomic E-state index is 0.370. The topological polar surface area (TPSA) is 57.4 Å². The van der Waals surface area contributed by atoms with Gasteiger partial charge in [-0.3, -0.25) is 0 Å². The Hall–Kier alpha value is -3.70. The molecule has 0 radical (unpaired) electrons. The van der Waals surface area contributed by atoms with Gasteiger partial charge in [-0.25, -0.2) is 9.97 Å². The number of hydrogen-bond acceptors (Lipinski definition) is 2. The predicted molar refractivity (Wildman–Crippen MR) is 211 cm³/mol. The highest BCUT2D eigenvalue weighted by atomic mass is 79.9. The van der Waals surface area contributed by atoms with Crippen LogP contribution in [0, 0.1) is 0 Å². The molecule has 3 aromatic heterocycles. The molecule has 2 aliphatic heterocycles. The van der Waals surface area contributed by atoms with Gasteiger partial charge in [0.05, 0.1) is 22.8 Å². The van der Waals surface area contributed by atoms with Crippen molar-refractivity contribution in [1.29, 1.82) is 0 Å². The first kappa shape index (κ1) is 32.5. The third-order valence-electron chi connectivity index (χ3n) is 11.8. The van der Waals surface area contributed by atoms with Crippen LogP contribution < -0.4 is 0 Å². The van der Waals surface area contributed by atoms with Crippen LogP contribution in [-0.4, -0.2) is 19.9 Å². The van der Waals surface area contributed by atoms with E-state index in [-0.39, 0.29) is 0 Å². The fraction of sp³-hybridized carbons (Fsp3) is 0.409. The molecule has 5 heterocycles. The maximum atomic E-state index is 5.44. The van der Waals surface area contributed by atoms with Crippen molar-refractivity contribution in [2.75, 3.05) is 0 Å². The van der Waals surface area contributed by atoms with E-state index >= 15 is 0 Å². The Bertz CT molecular complexity index is 2220. The van der Waals surface area contributed by atoms with Crippen LogP contribution >= 0.6 is 15.9 Å². The number of aryl methyl sites for hydroxylation is 2. The average Bonchev–Trinajstić information content (AvgIpc) is 3.80. The van der Waals surface area contributed by atoms with Gasteiger partial charge in [0.1, 0.15) is 0 Å². The van der Waals surface area contributed by atoms with Crippen LogP contribution in [0.4, 0.5) is 0 Å². The number of aromatic amines is 2. The zero-order valence-corrected chi connectivity index (χ0v) is 31.6. The van der Waals surface area contributed by atoms with E-state index in [4.69, 9.17) is 9.97 Å². The maximum absolute atomic E-state index is 5.44. The second-order valence-corrected chi connectivity index (χ2v) is 15.5. The highest BCUT2D eigenvalue weighted by Crippen LogP contribution is 2.56. The molecule has 0 saturated carbocycles. The second-order valence-electron chi connectivity index (χ2n) is 14.6. The van der Waals surface area contributed by atoms with Crippen LogP contribution in [0.3, 0.4) is 0 Å². The summed E-state index contributed by atoms with van der Waals surface area (Å²) in [6.45, 7) is 13.7. The lowest BCUT2D eigenvalue weighted by Gasteiger charge is -2.39. The first-order valence-electron chi connectivity index (χ1n) is 18.8. The van der Waals surface area contributed by atoms with Crippen LogP contribution in [0.2, 0.25) is 0 Å². The number of H-pyrrole nitrogens is 2. The number of aromatic nitrogens is 4. The van der Waals surface area contributed by atoms with Crippen LogP contribution in [0.5, 0.6) is 0 Å². The van der Waals surface area contributed by atoms with Crippen molar-refractivity contribution in [3.8, 4) is 0 Å². The van der Waals surface area contributed by atoms with Crippen molar-refractivity contribution in [3.05, 3.63) is 103 Å². The summed E-state index contributed by atoms with van der Waals surface area (Å²) in [7, 11) is 0. The molecule has 1 aromatic carbocycles. The van der Waals surface area contributed by atoms with E-state index in [9.17, 15) is 0 Å². The number of halogens is 1. The molecule has 4 nitrogen and oxygen atoms in total. The Kier molecular flexibility index (Phi) is 8.54. The van der Waals surface area contributed by atoms with E-state index in [1.807, 2.05) is 0 Å². The molecule has 2 atom stereocenters. The van der Waals surface area contributed by atoms with E-state index < -0.39 is 0 Å². The lowest BCUT2D eigenvalue weighted by Crippen LogP contribution is -2.23. The number of nitrogens with one attached hydrogen (secondary N) is 2. The van der Waals surface area contributed by atoms with E-state index in [1.165, 1.54) is 103 Å². The molecule has 10 bridgehead atoms. The molecular weight excluding hydrogens is 664 g/mol. The van der Waals surface area contributed by atoms with Gasteiger partial charge in [-0.15, -0.1) is 0 Å². The zero-order valence-electron chi connectivity index (χ0n) is 30.0. The molecule has 4 aromatic rings. The monoisotopic (exact) mass is 712 g/mol. The Balaban J connectivity index is 1.50. The van der Waals surface area contributed by atoms with Gasteiger partial charge in [0.25, 0.3) is 0 Å². The number of nitrogens with zero attached hydrogens (tertiary/aromatic N) is 2. The van der Waals surface area contributed by atoms with Gasteiger partial charge in [0, 0.05) is 38.4 Å². The van der Waals surface area contributed by atoms with Crippen molar-refractivity contribution in [1.82, 2.24) is 19.9 Å². The molecule has 5 aliphatic rings. The molecule has 3 aliphatic carbocycles. The summed E-state index contributed by atoms with van der Waals surface area (Å²) in [5.41, 5.74) is 23.4. The van der Waals surface area contributed by atoms with Crippen molar-refractivity contribution in [2.45, 2.75) is 118 Å². The van der Waals surface area contributed by atoms with Gasteiger partial charge < -0.3 is 9.97 Å². The van der Waals surface area contributed by atoms with Gasteiger partial charge in [-0.05, 0) is 157 Å². The fourth-order valence-corrected chi connectivity index (χ4v) is 9.67. The summed E-state index contributed by atoms with van der Waals surface area (Å²) in [5, 5.41) is 0. The van der Waals surface area contributed by atoms with E-state index in [2.05, 4.69) is 110 Å². The molecule has 252 valence electrons. The van der Waals surface area contributed by atoms with Gasteiger partial charge in [0.2, 0.25) is 0 Å². The van der Waals surface area contributed by atoms with E-state index in [1.54, 1.807) is 0 Å². The van der Waals surface area contributed by atoms with Crippen LogP contribution in [0.15, 0.2) is 46.9 Å². The van der Waals surface area contributed by atoms with Crippen molar-refractivity contribution < 1.29 is 0 Å². The lowest BCUT2D eigenvalue weighted by molar-refractivity contribution is 0.527. The number of allylic oxidation sites excluding steroid dienone is 4. The first-order valence-corrected chi connectivity index (χ1v) is 19.6. The summed E-state index contributed by atoms with van der Waals surface area (Å²) in [6, 6.07) is 16.4. The molecule has 0 saturated heterocycles. The highest BCUT2D eigenvalue weighted by molar-refractivity contribution is 9.10. The van der Waals surface area contributed by atoms with Crippen molar-refractivity contribution >= 4 is 60.3 Å². The lowest BCUT2D eigenvalue weighted by atomic mass is 9.64. The minimum atomic E-state index is 0.370. The molecule has 9 rings (SSSR count). The van der Waals surface area contributed by atoms with E-state index in [0.29, 0.717) is 11.8 Å². The summed E-state index contributed by atoms with van der Waals surface area (Å²) in [6.07, 6.45) is 11.1. The third-order valence-corrected chi connectivity index (χ3v) is 12.3. The molecule has 0 amide bonds. The summed E-state index contributed by atoms with van der Waals surface area (Å²) >= 11 is 3.80. The van der Waals surface area contributed by atoms with Crippen molar-refractivity contribution in [2.24, 2.45) is 0 Å². The number of hydrogen-bond donors (Lipinski definition) is 2. The molecule has 0 fully saturated rings. The van der Waals surface area contributed by atoms with Gasteiger partial charge in [-0.1, -0.05) is 62.5 Å². The minimum Gasteiger partial charge on any atom is -0.355 e. The molecule has 2 unspecified atom stereocenters. The van der Waals surface area contributed by atoms with Crippen molar-refractivity contribution in [3.63, 3.8) is 0 Å². The smallest absolute Gasteiger partial charge is 0.0693 e. The largest absolute Gasteiger partial charge is 0.355 e. The number of fused-ring (bicyclic) bond motifs is 9. The zero-order chi connectivity index (χ0) is 34.0. The Morgan fingerprint density at radius 2 is 1.08 bits per heavy atom. The first-order chi connectivity index (χ1) is 23.8. The normalized spacial score (nSPS) is 18.0. The molecule has 49 heavy (non-hydrogen) atoms. The van der Waals surface area contributed by atoms with Crippen LogP contribution in [0.25, 0.3) is 44.4 Å². The Morgan fingerprint density at radius 1 is 0.612 bits per heavy atom. The maximum Gasteiger partial charge on any atom is 0.0693 e.